The summed E-state index contributed by atoms with van der Waals surface area (Å²) < 4.78 is 0. The Balaban J connectivity index is 1.87. The molecular formula is C22H28N6. The number of aryl methyl sites for hydroxylation is 1. The number of rotatable bonds is 6. The van der Waals surface area contributed by atoms with Crippen LogP contribution < -0.4 is 10.6 Å². The van der Waals surface area contributed by atoms with Crippen LogP contribution >= 0.6 is 0 Å². The minimum atomic E-state index is 0.296. The van der Waals surface area contributed by atoms with Gasteiger partial charge in [-0.3, -0.25) is 4.98 Å². The molecule has 0 saturated heterocycles. The molecule has 3 rings (SSSR count). The maximum absolute atomic E-state index is 4.55. The van der Waals surface area contributed by atoms with Crippen molar-refractivity contribution in [2.45, 2.75) is 34.1 Å². The summed E-state index contributed by atoms with van der Waals surface area (Å²) in [4.78, 5) is 8.82. The summed E-state index contributed by atoms with van der Waals surface area (Å²) in [5, 5.41) is 15.1. The molecule has 3 aromatic heterocycles. The molecule has 0 amide bonds. The van der Waals surface area contributed by atoms with E-state index in [4.69, 9.17) is 0 Å². The summed E-state index contributed by atoms with van der Waals surface area (Å²) in [7, 11) is 1.86. The summed E-state index contributed by atoms with van der Waals surface area (Å²) >= 11 is 0. The van der Waals surface area contributed by atoms with Crippen LogP contribution in [0.25, 0.3) is 22.4 Å². The zero-order valence-corrected chi connectivity index (χ0v) is 17.2. The first-order chi connectivity index (χ1) is 13.4. The van der Waals surface area contributed by atoms with Gasteiger partial charge in [-0.1, -0.05) is 20.8 Å². The van der Waals surface area contributed by atoms with Crippen molar-refractivity contribution in [1.29, 1.82) is 0 Å². The molecule has 0 aromatic carbocycles. The smallest absolute Gasteiger partial charge is 0.126 e. The third-order valence-corrected chi connectivity index (χ3v) is 4.57. The molecular weight excluding hydrogens is 348 g/mol. The molecule has 0 radical (unpaired) electrons. The Kier molecular flexibility index (Phi) is 5.87. The standard InChI is InChI=1S/C22H28N6/c1-15-19(12-18(14-26-15)24-9-7-22(2,3)4)20-10-17(13-27-28-20)16-6-8-25-21(11-16)23-5/h6,8,10-14,24H,7,9H2,1-5H3,(H,23,25). The van der Waals surface area contributed by atoms with Crippen LogP contribution in [0.5, 0.6) is 0 Å². The molecule has 0 saturated carbocycles. The van der Waals surface area contributed by atoms with E-state index in [1.54, 1.807) is 12.4 Å². The van der Waals surface area contributed by atoms with Crippen LogP contribution in [-0.2, 0) is 0 Å². The van der Waals surface area contributed by atoms with Gasteiger partial charge in [-0.05, 0) is 48.6 Å². The first-order valence-corrected chi connectivity index (χ1v) is 9.53. The topological polar surface area (TPSA) is 75.6 Å². The molecule has 3 aromatic rings. The quantitative estimate of drug-likeness (QED) is 0.644. The van der Waals surface area contributed by atoms with Crippen molar-refractivity contribution in [2.75, 3.05) is 24.2 Å². The van der Waals surface area contributed by atoms with Crippen LogP contribution in [0.15, 0.2) is 42.9 Å². The van der Waals surface area contributed by atoms with E-state index in [1.165, 1.54) is 0 Å². The van der Waals surface area contributed by atoms with Crippen molar-refractivity contribution in [3.63, 3.8) is 0 Å². The van der Waals surface area contributed by atoms with Crippen LogP contribution in [0.2, 0.25) is 0 Å². The molecule has 6 nitrogen and oxygen atoms in total. The Morgan fingerprint density at radius 1 is 1.00 bits per heavy atom. The van der Waals surface area contributed by atoms with Crippen molar-refractivity contribution in [1.82, 2.24) is 20.2 Å². The largest absolute Gasteiger partial charge is 0.384 e. The van der Waals surface area contributed by atoms with E-state index in [2.05, 4.69) is 57.6 Å². The van der Waals surface area contributed by atoms with E-state index in [0.29, 0.717) is 5.41 Å². The highest BCUT2D eigenvalue weighted by Crippen LogP contribution is 2.28. The van der Waals surface area contributed by atoms with E-state index in [-0.39, 0.29) is 0 Å². The average Bonchev–Trinajstić information content (AvgIpc) is 2.68. The van der Waals surface area contributed by atoms with Crippen molar-refractivity contribution in [2.24, 2.45) is 5.41 Å². The monoisotopic (exact) mass is 376 g/mol. The van der Waals surface area contributed by atoms with Crippen LogP contribution in [-0.4, -0.2) is 33.8 Å². The lowest BCUT2D eigenvalue weighted by molar-refractivity contribution is 0.390. The molecule has 0 aliphatic rings. The molecule has 0 unspecified atom stereocenters. The van der Waals surface area contributed by atoms with Gasteiger partial charge in [-0.25, -0.2) is 4.98 Å². The van der Waals surface area contributed by atoms with Crippen molar-refractivity contribution < 1.29 is 0 Å². The lowest BCUT2D eigenvalue weighted by Crippen LogP contribution is -2.13. The summed E-state index contributed by atoms with van der Waals surface area (Å²) in [6, 6.07) is 8.11. The molecule has 0 fully saturated rings. The van der Waals surface area contributed by atoms with Crippen LogP contribution in [0.3, 0.4) is 0 Å². The van der Waals surface area contributed by atoms with Crippen LogP contribution in [0.4, 0.5) is 11.5 Å². The second-order valence-corrected chi connectivity index (χ2v) is 8.10. The minimum absolute atomic E-state index is 0.296. The van der Waals surface area contributed by atoms with Crippen molar-refractivity contribution in [3.8, 4) is 22.4 Å². The molecule has 0 aliphatic carbocycles. The van der Waals surface area contributed by atoms with Gasteiger partial charge in [-0.15, -0.1) is 0 Å². The maximum Gasteiger partial charge on any atom is 0.126 e. The fourth-order valence-electron chi connectivity index (χ4n) is 2.87. The zero-order chi connectivity index (χ0) is 20.1. The molecule has 146 valence electrons. The number of pyridine rings is 2. The highest BCUT2D eigenvalue weighted by atomic mass is 15.1. The van der Waals surface area contributed by atoms with Crippen molar-refractivity contribution >= 4 is 11.5 Å². The summed E-state index contributed by atoms with van der Waals surface area (Å²) in [6.45, 7) is 9.63. The summed E-state index contributed by atoms with van der Waals surface area (Å²) in [6.07, 6.45) is 6.52. The third kappa shape index (κ3) is 5.03. The second-order valence-electron chi connectivity index (χ2n) is 8.10. The lowest BCUT2D eigenvalue weighted by atomic mass is 9.92. The first kappa shape index (κ1) is 19.7. The number of aromatic nitrogens is 4. The predicted octanol–water partition coefficient (Wildman–Crippen LogP) is 4.80. The number of nitrogens with one attached hydrogen (secondary N) is 2. The predicted molar refractivity (Wildman–Crippen MR) is 115 cm³/mol. The molecule has 6 heteroatoms. The normalized spacial score (nSPS) is 11.3. The molecule has 0 aliphatic heterocycles. The summed E-state index contributed by atoms with van der Waals surface area (Å²) in [5.74, 6) is 0.818. The highest BCUT2D eigenvalue weighted by Gasteiger charge is 2.11. The zero-order valence-electron chi connectivity index (χ0n) is 17.2. The van der Waals surface area contributed by atoms with E-state index in [9.17, 15) is 0 Å². The Labute approximate surface area is 166 Å². The molecule has 0 spiro atoms. The fourth-order valence-corrected chi connectivity index (χ4v) is 2.87. The third-order valence-electron chi connectivity index (χ3n) is 4.57. The minimum Gasteiger partial charge on any atom is -0.384 e. The average molecular weight is 377 g/mol. The van der Waals surface area contributed by atoms with Gasteiger partial charge in [0.25, 0.3) is 0 Å². The van der Waals surface area contributed by atoms with E-state index < -0.39 is 0 Å². The van der Waals surface area contributed by atoms with E-state index in [1.807, 2.05) is 38.4 Å². The SMILES string of the molecule is CNc1cc(-c2cnnc(-c3cc(NCCC(C)(C)C)cnc3C)c2)ccn1. The van der Waals surface area contributed by atoms with Gasteiger partial charge in [0.15, 0.2) is 0 Å². The van der Waals surface area contributed by atoms with Gasteiger partial charge in [0.05, 0.1) is 23.8 Å². The first-order valence-electron chi connectivity index (χ1n) is 9.53. The Morgan fingerprint density at radius 2 is 1.82 bits per heavy atom. The van der Waals surface area contributed by atoms with E-state index in [0.717, 1.165) is 52.5 Å². The van der Waals surface area contributed by atoms with Gasteiger partial charge in [0.1, 0.15) is 5.82 Å². The lowest BCUT2D eigenvalue weighted by Gasteiger charge is -2.18. The molecule has 0 atom stereocenters. The Hall–Kier alpha value is -3.02. The number of hydrogen-bond acceptors (Lipinski definition) is 6. The van der Waals surface area contributed by atoms with Crippen molar-refractivity contribution in [3.05, 3.63) is 48.5 Å². The molecule has 0 bridgehead atoms. The van der Waals surface area contributed by atoms with Gasteiger partial charge in [0.2, 0.25) is 0 Å². The Morgan fingerprint density at radius 3 is 2.57 bits per heavy atom. The van der Waals surface area contributed by atoms with Gasteiger partial charge in [0, 0.05) is 36.6 Å². The summed E-state index contributed by atoms with van der Waals surface area (Å²) in [5.41, 5.74) is 6.06. The Bertz CT molecular complexity index is 946. The van der Waals surface area contributed by atoms with Crippen LogP contribution in [0, 0.1) is 12.3 Å². The maximum atomic E-state index is 4.55. The number of nitrogens with zero attached hydrogens (tertiary/aromatic N) is 4. The van der Waals surface area contributed by atoms with Gasteiger partial charge >= 0.3 is 0 Å². The number of anilines is 2. The fraction of sp³-hybridized carbons (Fsp3) is 0.364. The highest BCUT2D eigenvalue weighted by molar-refractivity contribution is 5.73. The van der Waals surface area contributed by atoms with Gasteiger partial charge in [-0.2, -0.15) is 10.2 Å². The van der Waals surface area contributed by atoms with E-state index >= 15 is 0 Å². The second kappa shape index (κ2) is 8.33. The van der Waals surface area contributed by atoms with Crippen LogP contribution in [0.1, 0.15) is 32.9 Å². The number of hydrogen-bond donors (Lipinski definition) is 2. The molecule has 28 heavy (non-hydrogen) atoms. The van der Waals surface area contributed by atoms with Gasteiger partial charge < -0.3 is 10.6 Å². The molecule has 2 N–H and O–H groups in total. The molecule has 3 heterocycles.